The van der Waals surface area contributed by atoms with Gasteiger partial charge in [-0.1, -0.05) is 6.07 Å². The van der Waals surface area contributed by atoms with Gasteiger partial charge in [-0.25, -0.2) is 0 Å². The van der Waals surface area contributed by atoms with Crippen LogP contribution in [0.4, 0.5) is 5.82 Å². The van der Waals surface area contributed by atoms with Gasteiger partial charge < -0.3 is 5.73 Å². The van der Waals surface area contributed by atoms with Gasteiger partial charge in [-0.2, -0.15) is 5.10 Å². The Hall–Kier alpha value is -1.84. The van der Waals surface area contributed by atoms with Crippen LogP contribution in [0, 0.1) is 6.92 Å². The van der Waals surface area contributed by atoms with Crippen LogP contribution in [0.15, 0.2) is 24.4 Å². The molecule has 2 rings (SSSR count). The summed E-state index contributed by atoms with van der Waals surface area (Å²) in [5.41, 5.74) is 8.57. The van der Waals surface area contributed by atoms with E-state index >= 15 is 0 Å². The maximum atomic E-state index is 5.72. The van der Waals surface area contributed by atoms with E-state index in [0.29, 0.717) is 5.82 Å². The first kappa shape index (κ1) is 8.74. The second-order valence-corrected chi connectivity index (χ2v) is 3.20. The molecule has 2 aromatic heterocycles. The smallest absolute Gasteiger partial charge is 0.149 e. The van der Waals surface area contributed by atoms with Crippen molar-refractivity contribution in [3.63, 3.8) is 0 Å². The first-order valence-corrected chi connectivity index (χ1v) is 4.40. The Morgan fingerprint density at radius 3 is 2.64 bits per heavy atom. The molecule has 2 N–H and O–H groups in total. The minimum Gasteiger partial charge on any atom is -0.382 e. The highest BCUT2D eigenvalue weighted by Gasteiger charge is 2.11. The third-order valence-electron chi connectivity index (χ3n) is 2.23. The first-order chi connectivity index (χ1) is 6.70. The fourth-order valence-electron chi connectivity index (χ4n) is 1.51. The molecule has 0 saturated heterocycles. The topological polar surface area (TPSA) is 56.7 Å². The van der Waals surface area contributed by atoms with Crippen LogP contribution in [0.2, 0.25) is 0 Å². The molecular weight excluding hydrogens is 176 g/mol. The van der Waals surface area contributed by atoms with Crippen molar-refractivity contribution < 1.29 is 0 Å². The molecule has 4 heteroatoms. The number of aryl methyl sites for hydroxylation is 1. The standard InChI is InChI=1S/C10H12N4/c1-7-9(14(2)13-10(7)11)8-5-3-4-6-12-8/h3-6H,1-2H3,(H2,11,13). The van der Waals surface area contributed by atoms with Crippen molar-refractivity contribution >= 4 is 5.82 Å². The molecule has 0 aliphatic heterocycles. The second-order valence-electron chi connectivity index (χ2n) is 3.20. The largest absolute Gasteiger partial charge is 0.382 e. The molecule has 0 saturated carbocycles. The zero-order chi connectivity index (χ0) is 10.1. The molecule has 0 aliphatic rings. The summed E-state index contributed by atoms with van der Waals surface area (Å²) in [6.45, 7) is 1.95. The lowest BCUT2D eigenvalue weighted by Crippen LogP contribution is -1.95. The van der Waals surface area contributed by atoms with E-state index in [-0.39, 0.29) is 0 Å². The zero-order valence-corrected chi connectivity index (χ0v) is 8.23. The van der Waals surface area contributed by atoms with Gasteiger partial charge in [0.25, 0.3) is 0 Å². The van der Waals surface area contributed by atoms with Gasteiger partial charge in [-0.15, -0.1) is 0 Å². The van der Waals surface area contributed by atoms with Gasteiger partial charge in [-0.3, -0.25) is 9.67 Å². The fraction of sp³-hybridized carbons (Fsp3) is 0.200. The molecule has 4 nitrogen and oxygen atoms in total. The van der Waals surface area contributed by atoms with Gasteiger partial charge >= 0.3 is 0 Å². The molecule has 0 unspecified atom stereocenters. The Kier molecular flexibility index (Phi) is 1.96. The molecule has 0 atom stereocenters. The van der Waals surface area contributed by atoms with E-state index in [2.05, 4.69) is 10.1 Å². The third-order valence-corrected chi connectivity index (χ3v) is 2.23. The molecule has 0 aromatic carbocycles. The number of aromatic nitrogens is 3. The van der Waals surface area contributed by atoms with E-state index < -0.39 is 0 Å². The summed E-state index contributed by atoms with van der Waals surface area (Å²) in [7, 11) is 1.87. The number of anilines is 1. The number of hydrogen-bond donors (Lipinski definition) is 1. The number of rotatable bonds is 1. The maximum absolute atomic E-state index is 5.72. The van der Waals surface area contributed by atoms with Crippen LogP contribution in [0.5, 0.6) is 0 Å². The van der Waals surface area contributed by atoms with E-state index in [1.165, 1.54) is 0 Å². The minimum atomic E-state index is 0.563. The van der Waals surface area contributed by atoms with Crippen molar-refractivity contribution in [1.82, 2.24) is 14.8 Å². The average molecular weight is 188 g/mol. The Bertz CT molecular complexity index is 445. The van der Waals surface area contributed by atoms with E-state index in [9.17, 15) is 0 Å². The van der Waals surface area contributed by atoms with Crippen molar-refractivity contribution in [2.75, 3.05) is 5.73 Å². The third kappa shape index (κ3) is 1.25. The fourth-order valence-corrected chi connectivity index (χ4v) is 1.51. The second kappa shape index (κ2) is 3.14. The number of pyridine rings is 1. The molecule has 2 heterocycles. The molecular formula is C10H12N4. The van der Waals surface area contributed by atoms with Gasteiger partial charge in [0.1, 0.15) is 5.82 Å². The van der Waals surface area contributed by atoms with Gasteiger partial charge in [0.15, 0.2) is 0 Å². The van der Waals surface area contributed by atoms with Crippen molar-refractivity contribution in [1.29, 1.82) is 0 Å². The summed E-state index contributed by atoms with van der Waals surface area (Å²) < 4.78 is 1.76. The number of nitrogens with two attached hydrogens (primary N) is 1. The number of nitrogen functional groups attached to an aromatic ring is 1. The van der Waals surface area contributed by atoms with E-state index in [1.54, 1.807) is 10.9 Å². The Labute approximate surface area is 82.4 Å². The molecule has 0 bridgehead atoms. The van der Waals surface area contributed by atoms with Crippen molar-refractivity contribution in [2.45, 2.75) is 6.92 Å². The van der Waals surface area contributed by atoms with E-state index in [1.807, 2.05) is 32.2 Å². The summed E-state index contributed by atoms with van der Waals surface area (Å²) in [5.74, 6) is 0.563. The molecule has 0 fully saturated rings. The minimum absolute atomic E-state index is 0.563. The summed E-state index contributed by atoms with van der Waals surface area (Å²) in [6.07, 6.45) is 1.76. The van der Waals surface area contributed by atoms with Crippen LogP contribution in [0.25, 0.3) is 11.4 Å². The van der Waals surface area contributed by atoms with Crippen LogP contribution in [-0.4, -0.2) is 14.8 Å². The lowest BCUT2D eigenvalue weighted by molar-refractivity contribution is 0.777. The molecule has 0 amide bonds. The molecule has 14 heavy (non-hydrogen) atoms. The SMILES string of the molecule is Cc1c(N)nn(C)c1-c1ccccn1. The molecule has 0 spiro atoms. The van der Waals surface area contributed by atoms with Gasteiger partial charge in [0, 0.05) is 18.8 Å². The van der Waals surface area contributed by atoms with E-state index in [4.69, 9.17) is 5.73 Å². The number of hydrogen-bond acceptors (Lipinski definition) is 3. The molecule has 0 radical (unpaired) electrons. The summed E-state index contributed by atoms with van der Waals surface area (Å²) in [5, 5.41) is 4.14. The maximum Gasteiger partial charge on any atom is 0.149 e. The Morgan fingerprint density at radius 2 is 2.14 bits per heavy atom. The Balaban J connectivity index is 2.62. The summed E-state index contributed by atoms with van der Waals surface area (Å²) >= 11 is 0. The van der Waals surface area contributed by atoms with Gasteiger partial charge in [0.2, 0.25) is 0 Å². The molecule has 2 aromatic rings. The normalized spacial score (nSPS) is 10.4. The van der Waals surface area contributed by atoms with Crippen LogP contribution < -0.4 is 5.73 Å². The predicted octanol–water partition coefficient (Wildman–Crippen LogP) is 1.37. The highest BCUT2D eigenvalue weighted by atomic mass is 15.3. The van der Waals surface area contributed by atoms with Gasteiger partial charge in [0.05, 0.1) is 11.4 Å². The lowest BCUT2D eigenvalue weighted by Gasteiger charge is -2.01. The molecule has 0 aliphatic carbocycles. The highest BCUT2D eigenvalue weighted by Crippen LogP contribution is 2.23. The van der Waals surface area contributed by atoms with Crippen LogP contribution in [-0.2, 0) is 7.05 Å². The van der Waals surface area contributed by atoms with Crippen LogP contribution in [0.3, 0.4) is 0 Å². The van der Waals surface area contributed by atoms with E-state index in [0.717, 1.165) is 17.0 Å². The lowest BCUT2D eigenvalue weighted by atomic mass is 10.2. The molecule has 72 valence electrons. The zero-order valence-electron chi connectivity index (χ0n) is 8.23. The van der Waals surface area contributed by atoms with Gasteiger partial charge in [-0.05, 0) is 19.1 Å². The predicted molar refractivity (Wildman–Crippen MR) is 55.6 cm³/mol. The monoisotopic (exact) mass is 188 g/mol. The van der Waals surface area contributed by atoms with Crippen LogP contribution in [0.1, 0.15) is 5.56 Å². The summed E-state index contributed by atoms with van der Waals surface area (Å²) in [6, 6.07) is 5.78. The number of nitrogens with zero attached hydrogens (tertiary/aromatic N) is 3. The highest BCUT2D eigenvalue weighted by molar-refractivity contribution is 5.64. The van der Waals surface area contributed by atoms with Crippen LogP contribution >= 0.6 is 0 Å². The Morgan fingerprint density at radius 1 is 1.36 bits per heavy atom. The average Bonchev–Trinajstić information content (AvgIpc) is 2.43. The first-order valence-electron chi connectivity index (χ1n) is 4.40. The van der Waals surface area contributed by atoms with Crippen molar-refractivity contribution in [3.05, 3.63) is 30.0 Å². The van der Waals surface area contributed by atoms with Crippen molar-refractivity contribution in [2.24, 2.45) is 7.05 Å². The van der Waals surface area contributed by atoms with Crippen molar-refractivity contribution in [3.8, 4) is 11.4 Å². The quantitative estimate of drug-likeness (QED) is 0.735. The summed E-state index contributed by atoms with van der Waals surface area (Å²) in [4.78, 5) is 4.27.